The molecule has 2 aromatic rings. The predicted octanol–water partition coefficient (Wildman–Crippen LogP) is 3.74. The van der Waals surface area contributed by atoms with E-state index in [1.54, 1.807) is 48.5 Å². The van der Waals surface area contributed by atoms with Gasteiger partial charge in [-0.3, -0.25) is 18.8 Å². The van der Waals surface area contributed by atoms with E-state index in [0.29, 0.717) is 28.3 Å². The van der Waals surface area contributed by atoms with Crippen LogP contribution in [0.2, 0.25) is 0 Å². The largest absolute Gasteiger partial charge is 0.495 e. The fourth-order valence-corrected chi connectivity index (χ4v) is 4.31. The predicted molar refractivity (Wildman–Crippen MR) is 132 cm³/mol. The van der Waals surface area contributed by atoms with Crippen molar-refractivity contribution in [2.45, 2.75) is 38.0 Å². The van der Waals surface area contributed by atoms with Gasteiger partial charge in [-0.05, 0) is 25.3 Å². The molecule has 0 aromatic heterocycles. The molecule has 3 rings (SSSR count). The number of benzene rings is 2. The highest BCUT2D eigenvalue weighted by Crippen LogP contribution is 2.33. The number of aliphatic imine (C=N–C) groups is 1. The van der Waals surface area contributed by atoms with E-state index < -0.39 is 61.4 Å². The number of para-hydroxylation sites is 1. The number of amides is 3. The molecular formula is C26H28F4N4O4. The molecule has 1 aliphatic heterocycles. The van der Waals surface area contributed by atoms with Crippen LogP contribution in [0, 0.1) is 11.8 Å². The normalized spacial score (nSPS) is 16.8. The molecule has 0 fully saturated rings. The smallest absolute Gasteiger partial charge is 0.389 e. The molecule has 3 amide bonds. The molecular weight excluding hydrogens is 508 g/mol. The Morgan fingerprint density at radius 3 is 2.42 bits per heavy atom. The molecule has 8 nitrogen and oxygen atoms in total. The molecule has 0 aliphatic carbocycles. The summed E-state index contributed by atoms with van der Waals surface area (Å²) < 4.78 is 57.3. The number of hydrogen-bond acceptors (Lipinski definition) is 5. The first-order valence-corrected chi connectivity index (χ1v) is 11.9. The van der Waals surface area contributed by atoms with Crippen LogP contribution >= 0.6 is 0 Å². The number of nitrogens with one attached hydrogen (secondary N) is 2. The van der Waals surface area contributed by atoms with E-state index >= 15 is 0 Å². The third kappa shape index (κ3) is 7.08. The van der Waals surface area contributed by atoms with E-state index in [1.807, 2.05) is 0 Å². The van der Waals surface area contributed by atoms with Gasteiger partial charge in [-0.1, -0.05) is 42.5 Å². The zero-order chi connectivity index (χ0) is 27.9. The summed E-state index contributed by atoms with van der Waals surface area (Å²) in [7, 11) is 1.41. The second-order valence-electron chi connectivity index (χ2n) is 8.73. The van der Waals surface area contributed by atoms with Gasteiger partial charge in [-0.2, -0.15) is 13.2 Å². The molecule has 0 radical (unpaired) electrons. The quantitative estimate of drug-likeness (QED) is 0.379. The molecule has 1 aliphatic rings. The van der Waals surface area contributed by atoms with Gasteiger partial charge in [0, 0.05) is 29.4 Å². The number of carbonyl (C=O) groups is 3. The second kappa shape index (κ2) is 12.5. The fraction of sp³-hybridized carbons (Fsp3) is 0.385. The molecule has 1 heterocycles. The number of benzodiazepines with no additional fused rings is 1. The summed E-state index contributed by atoms with van der Waals surface area (Å²) in [5, 5.41) is 5.04. The standard InChI is InChI=1S/C26H28F4N4O4/c1-38-19-11-5-9-18-20(15-7-3-2-4-8-15)32-23(25(37)33-21(18)19)34-24(36)17(12-13-26(28,29)30)16(22(31)35)10-6-14-27/h2-5,7-9,11,16-17,23H,6,10,12-14H2,1H3,(H2,31,35)(H,33,37)(H,34,36)/t16-,17+,23+/m0/s1. The maximum absolute atomic E-state index is 13.3. The van der Waals surface area contributed by atoms with Crippen LogP contribution in [-0.2, 0) is 14.4 Å². The number of fused-ring (bicyclic) bond motifs is 1. The molecule has 4 N–H and O–H groups in total. The lowest BCUT2D eigenvalue weighted by atomic mass is 9.83. The topological polar surface area (TPSA) is 123 Å². The van der Waals surface area contributed by atoms with E-state index in [9.17, 15) is 31.9 Å². The molecule has 3 atom stereocenters. The summed E-state index contributed by atoms with van der Waals surface area (Å²) in [5.41, 5.74) is 7.09. The van der Waals surface area contributed by atoms with Crippen molar-refractivity contribution >= 4 is 29.1 Å². The van der Waals surface area contributed by atoms with Crippen molar-refractivity contribution in [1.29, 1.82) is 0 Å². The van der Waals surface area contributed by atoms with E-state index in [1.165, 1.54) is 7.11 Å². The van der Waals surface area contributed by atoms with E-state index in [0.717, 1.165) is 0 Å². The number of nitrogens with zero attached hydrogens (tertiary/aromatic N) is 1. The maximum atomic E-state index is 13.3. The van der Waals surface area contributed by atoms with Gasteiger partial charge in [0.05, 0.1) is 25.2 Å². The lowest BCUT2D eigenvalue weighted by Gasteiger charge is -2.25. The zero-order valence-electron chi connectivity index (χ0n) is 20.6. The van der Waals surface area contributed by atoms with Crippen LogP contribution < -0.4 is 21.1 Å². The summed E-state index contributed by atoms with van der Waals surface area (Å²) in [6.07, 6.45) is -8.71. The van der Waals surface area contributed by atoms with Crippen molar-refractivity contribution in [3.05, 3.63) is 59.7 Å². The lowest BCUT2D eigenvalue weighted by Crippen LogP contribution is -2.48. The monoisotopic (exact) mass is 536 g/mol. The molecule has 0 saturated heterocycles. The molecule has 204 valence electrons. The fourth-order valence-electron chi connectivity index (χ4n) is 4.31. The number of rotatable bonds is 11. The van der Waals surface area contributed by atoms with Gasteiger partial charge in [0.15, 0.2) is 0 Å². The molecule has 2 aromatic carbocycles. The molecule has 0 unspecified atom stereocenters. The van der Waals surface area contributed by atoms with Crippen LogP contribution in [0.4, 0.5) is 23.2 Å². The minimum absolute atomic E-state index is 0.168. The Balaban J connectivity index is 2.01. The highest BCUT2D eigenvalue weighted by atomic mass is 19.4. The van der Waals surface area contributed by atoms with Gasteiger partial charge in [-0.25, -0.2) is 4.99 Å². The Morgan fingerprint density at radius 1 is 1.11 bits per heavy atom. The first-order chi connectivity index (χ1) is 18.1. The molecule has 0 saturated carbocycles. The van der Waals surface area contributed by atoms with Gasteiger partial charge < -0.3 is 21.1 Å². The zero-order valence-corrected chi connectivity index (χ0v) is 20.6. The summed E-state index contributed by atoms with van der Waals surface area (Å²) >= 11 is 0. The van der Waals surface area contributed by atoms with Crippen LogP contribution in [0.15, 0.2) is 53.5 Å². The Kier molecular flexibility index (Phi) is 9.43. The van der Waals surface area contributed by atoms with Crippen molar-refractivity contribution in [2.24, 2.45) is 22.6 Å². The number of nitrogens with two attached hydrogens (primary N) is 1. The third-order valence-corrected chi connectivity index (χ3v) is 6.16. The Bertz CT molecular complexity index is 1190. The Morgan fingerprint density at radius 2 is 1.82 bits per heavy atom. The Labute approximate surface area is 216 Å². The van der Waals surface area contributed by atoms with Crippen LogP contribution in [0.1, 0.15) is 36.8 Å². The number of methoxy groups -OCH3 is 1. The van der Waals surface area contributed by atoms with E-state index in [-0.39, 0.29) is 12.8 Å². The number of alkyl halides is 4. The average Bonchev–Trinajstić information content (AvgIpc) is 3.01. The third-order valence-electron chi connectivity index (χ3n) is 6.16. The summed E-state index contributed by atoms with van der Waals surface area (Å²) in [6, 6.07) is 13.8. The van der Waals surface area contributed by atoms with E-state index in [4.69, 9.17) is 10.5 Å². The van der Waals surface area contributed by atoms with Gasteiger partial charge >= 0.3 is 6.18 Å². The summed E-state index contributed by atoms with van der Waals surface area (Å²) in [5.74, 6) is -5.41. The lowest BCUT2D eigenvalue weighted by molar-refractivity contribution is -0.146. The number of ether oxygens (including phenoxy) is 1. The van der Waals surface area contributed by atoms with E-state index in [2.05, 4.69) is 15.6 Å². The second-order valence-corrected chi connectivity index (χ2v) is 8.73. The van der Waals surface area contributed by atoms with Crippen molar-refractivity contribution in [1.82, 2.24) is 5.32 Å². The van der Waals surface area contributed by atoms with Gasteiger partial charge in [0.25, 0.3) is 5.91 Å². The minimum Gasteiger partial charge on any atom is -0.495 e. The first kappa shape index (κ1) is 28.6. The number of anilines is 1. The number of hydrogen-bond donors (Lipinski definition) is 3. The maximum Gasteiger partial charge on any atom is 0.389 e. The van der Waals surface area contributed by atoms with Crippen molar-refractivity contribution in [3.63, 3.8) is 0 Å². The Hall–Kier alpha value is -3.96. The number of carbonyl (C=O) groups excluding carboxylic acids is 3. The van der Waals surface area contributed by atoms with Gasteiger partial charge in [0.2, 0.25) is 18.0 Å². The SMILES string of the molecule is COc1cccc2c1NC(=O)[C@@H](NC(=O)[C@H](CCC(F)(F)F)[C@H](CCCF)C(N)=O)N=C2c1ccccc1. The van der Waals surface area contributed by atoms with Gasteiger partial charge in [-0.15, -0.1) is 0 Å². The van der Waals surface area contributed by atoms with Crippen LogP contribution in [-0.4, -0.2) is 49.6 Å². The molecule has 12 heteroatoms. The van der Waals surface area contributed by atoms with Crippen LogP contribution in [0.3, 0.4) is 0 Å². The summed E-state index contributed by atoms with van der Waals surface area (Å²) in [6.45, 7) is -0.840. The molecule has 0 bridgehead atoms. The molecule has 38 heavy (non-hydrogen) atoms. The van der Waals surface area contributed by atoms with Crippen LogP contribution in [0.25, 0.3) is 0 Å². The average molecular weight is 537 g/mol. The number of primary amides is 1. The summed E-state index contributed by atoms with van der Waals surface area (Å²) in [4.78, 5) is 43.0. The first-order valence-electron chi connectivity index (χ1n) is 11.9. The van der Waals surface area contributed by atoms with Gasteiger partial charge in [0.1, 0.15) is 5.75 Å². The molecule has 0 spiro atoms. The van der Waals surface area contributed by atoms with Crippen molar-refractivity contribution in [3.8, 4) is 5.75 Å². The minimum atomic E-state index is -4.61. The number of halogens is 4. The highest BCUT2D eigenvalue weighted by Gasteiger charge is 2.38. The van der Waals surface area contributed by atoms with Crippen LogP contribution in [0.5, 0.6) is 5.75 Å². The van der Waals surface area contributed by atoms with Crippen molar-refractivity contribution in [2.75, 3.05) is 19.1 Å². The highest BCUT2D eigenvalue weighted by molar-refractivity contribution is 6.20. The van der Waals surface area contributed by atoms with Crippen molar-refractivity contribution < 1.29 is 36.7 Å².